The van der Waals surface area contributed by atoms with E-state index in [-0.39, 0.29) is 6.61 Å². The first-order valence-corrected chi connectivity index (χ1v) is 11.1. The minimum Gasteiger partial charge on any atom is -0.395 e. The highest BCUT2D eigenvalue weighted by molar-refractivity contribution is 14.1. The second-order valence-electron chi connectivity index (χ2n) is 6.16. The SMILES string of the molecule is N#Cc1c(-c2ccnc(NCCO)c2)sc(-c2nnc[nH]2)c1-c1ccc(Cl)cc1I. The number of hydrogen-bond acceptors (Lipinski definition) is 7. The summed E-state index contributed by atoms with van der Waals surface area (Å²) < 4.78 is 0.932. The van der Waals surface area contributed by atoms with Crippen molar-refractivity contribution >= 4 is 51.3 Å². The lowest BCUT2D eigenvalue weighted by Gasteiger charge is -2.07. The number of aromatic nitrogens is 4. The fourth-order valence-corrected chi connectivity index (χ4v) is 5.38. The third-order valence-electron chi connectivity index (χ3n) is 4.29. The summed E-state index contributed by atoms with van der Waals surface area (Å²) in [5.41, 5.74) is 3.09. The molecule has 0 aliphatic rings. The van der Waals surface area contributed by atoms with Gasteiger partial charge in [-0.1, -0.05) is 17.7 Å². The van der Waals surface area contributed by atoms with Crippen molar-refractivity contribution < 1.29 is 5.11 Å². The fraction of sp³-hybridized carbons (Fsp3) is 0.100. The van der Waals surface area contributed by atoms with Crippen LogP contribution in [0.15, 0.2) is 42.9 Å². The Kier molecular flexibility index (Phi) is 6.29. The van der Waals surface area contributed by atoms with Crippen molar-refractivity contribution in [2.24, 2.45) is 0 Å². The molecule has 0 aliphatic heterocycles. The number of nitrogens with one attached hydrogen (secondary N) is 2. The van der Waals surface area contributed by atoms with Gasteiger partial charge in [0.25, 0.3) is 0 Å². The molecular weight excluding hydrogens is 535 g/mol. The van der Waals surface area contributed by atoms with E-state index in [1.54, 1.807) is 6.20 Å². The number of anilines is 1. The first kappa shape index (κ1) is 20.7. The average Bonchev–Trinajstić information content (AvgIpc) is 3.40. The number of nitrogens with zero attached hydrogens (tertiary/aromatic N) is 4. The van der Waals surface area contributed by atoms with Gasteiger partial charge in [0, 0.05) is 26.9 Å². The van der Waals surface area contributed by atoms with E-state index >= 15 is 0 Å². The van der Waals surface area contributed by atoms with Crippen LogP contribution in [0.4, 0.5) is 5.82 Å². The van der Waals surface area contributed by atoms with Gasteiger partial charge in [0.15, 0.2) is 5.82 Å². The zero-order valence-corrected chi connectivity index (χ0v) is 19.1. The van der Waals surface area contributed by atoms with Gasteiger partial charge in [-0.25, -0.2) is 4.98 Å². The Morgan fingerprint density at radius 3 is 2.83 bits per heavy atom. The van der Waals surface area contributed by atoms with Crippen molar-refractivity contribution in [1.29, 1.82) is 5.26 Å². The quantitative estimate of drug-likeness (QED) is 0.299. The second-order valence-corrected chi connectivity index (χ2v) is 8.78. The van der Waals surface area contributed by atoms with Crippen LogP contribution in [-0.2, 0) is 0 Å². The predicted octanol–water partition coefficient (Wildman–Crippen LogP) is 4.80. The molecule has 3 heterocycles. The van der Waals surface area contributed by atoms with Crippen LogP contribution < -0.4 is 5.32 Å². The number of aliphatic hydroxyl groups is 1. The fourth-order valence-electron chi connectivity index (χ4n) is 3.03. The first-order chi connectivity index (χ1) is 14.6. The summed E-state index contributed by atoms with van der Waals surface area (Å²) in [6.45, 7) is 0.396. The molecule has 7 nitrogen and oxygen atoms in total. The number of aromatic amines is 1. The lowest BCUT2D eigenvalue weighted by molar-refractivity contribution is 0.311. The number of benzene rings is 1. The molecule has 4 rings (SSSR count). The third kappa shape index (κ3) is 4.04. The van der Waals surface area contributed by atoms with Crippen molar-refractivity contribution in [3.63, 3.8) is 0 Å². The number of aliphatic hydroxyl groups excluding tert-OH is 1. The number of H-pyrrole nitrogens is 1. The van der Waals surface area contributed by atoms with Gasteiger partial charge < -0.3 is 15.4 Å². The average molecular weight is 549 g/mol. The van der Waals surface area contributed by atoms with Gasteiger partial charge in [0.1, 0.15) is 18.2 Å². The number of halogens is 2. The Hall–Kier alpha value is -2.52. The van der Waals surface area contributed by atoms with Crippen LogP contribution >= 0.6 is 45.5 Å². The lowest BCUT2D eigenvalue weighted by atomic mass is 9.98. The van der Waals surface area contributed by atoms with Crippen LogP contribution in [0.2, 0.25) is 5.02 Å². The summed E-state index contributed by atoms with van der Waals surface area (Å²) in [5.74, 6) is 1.22. The Bertz CT molecular complexity index is 1230. The van der Waals surface area contributed by atoms with Crippen LogP contribution in [0.5, 0.6) is 0 Å². The van der Waals surface area contributed by atoms with Crippen LogP contribution in [0.1, 0.15) is 5.56 Å². The molecule has 0 bridgehead atoms. The van der Waals surface area contributed by atoms with Crippen LogP contribution in [0, 0.1) is 14.9 Å². The molecule has 0 spiro atoms. The van der Waals surface area contributed by atoms with E-state index < -0.39 is 0 Å². The van der Waals surface area contributed by atoms with Gasteiger partial charge >= 0.3 is 0 Å². The molecule has 0 unspecified atom stereocenters. The molecule has 0 atom stereocenters. The molecule has 4 aromatic rings. The highest BCUT2D eigenvalue weighted by Gasteiger charge is 2.25. The molecule has 0 amide bonds. The third-order valence-corrected chi connectivity index (χ3v) is 6.67. The Morgan fingerprint density at radius 1 is 1.27 bits per heavy atom. The van der Waals surface area contributed by atoms with Gasteiger partial charge in [-0.2, -0.15) is 5.26 Å². The maximum absolute atomic E-state index is 10.1. The summed E-state index contributed by atoms with van der Waals surface area (Å²) in [6, 6.07) is 11.7. The number of rotatable bonds is 6. The van der Waals surface area contributed by atoms with Crippen LogP contribution in [-0.4, -0.2) is 38.4 Å². The van der Waals surface area contributed by atoms with Crippen LogP contribution in [0.3, 0.4) is 0 Å². The van der Waals surface area contributed by atoms with Crippen molar-refractivity contribution in [1.82, 2.24) is 20.2 Å². The molecule has 0 saturated carbocycles. The van der Waals surface area contributed by atoms with Gasteiger partial charge in [-0.05, 0) is 58.0 Å². The molecule has 1 aromatic carbocycles. The van der Waals surface area contributed by atoms with E-state index in [9.17, 15) is 5.26 Å². The molecule has 3 aromatic heterocycles. The van der Waals surface area contributed by atoms with Crippen molar-refractivity contribution in [3.05, 3.63) is 57.0 Å². The Balaban J connectivity index is 1.95. The van der Waals surface area contributed by atoms with Gasteiger partial charge in [0.2, 0.25) is 0 Å². The molecule has 30 heavy (non-hydrogen) atoms. The zero-order chi connectivity index (χ0) is 21.1. The monoisotopic (exact) mass is 548 g/mol. The van der Waals surface area contributed by atoms with Crippen molar-refractivity contribution in [2.75, 3.05) is 18.5 Å². The van der Waals surface area contributed by atoms with Crippen molar-refractivity contribution in [3.8, 4) is 38.3 Å². The molecule has 150 valence electrons. The Labute approximate surface area is 194 Å². The topological polar surface area (TPSA) is 111 Å². The molecule has 10 heteroatoms. The van der Waals surface area contributed by atoms with Gasteiger partial charge in [0.05, 0.1) is 21.9 Å². The van der Waals surface area contributed by atoms with E-state index in [1.165, 1.54) is 17.7 Å². The first-order valence-electron chi connectivity index (χ1n) is 8.82. The highest BCUT2D eigenvalue weighted by Crippen LogP contribution is 2.47. The lowest BCUT2D eigenvalue weighted by Crippen LogP contribution is -2.06. The zero-order valence-electron chi connectivity index (χ0n) is 15.4. The largest absolute Gasteiger partial charge is 0.395 e. The second kappa shape index (κ2) is 9.09. The summed E-state index contributed by atoms with van der Waals surface area (Å²) in [5, 5.41) is 30.9. The predicted molar refractivity (Wildman–Crippen MR) is 126 cm³/mol. The van der Waals surface area contributed by atoms with Gasteiger partial charge in [-0.3, -0.25) is 0 Å². The summed E-state index contributed by atoms with van der Waals surface area (Å²) >= 11 is 9.84. The molecule has 0 radical (unpaired) electrons. The van der Waals surface area contributed by atoms with Crippen molar-refractivity contribution in [2.45, 2.75) is 0 Å². The summed E-state index contributed by atoms with van der Waals surface area (Å²) in [4.78, 5) is 8.95. The number of nitriles is 1. The van der Waals surface area contributed by atoms with Gasteiger partial charge in [-0.15, -0.1) is 21.5 Å². The van der Waals surface area contributed by atoms with E-state index in [1.807, 2.05) is 30.3 Å². The molecular formula is C20H14ClIN6OS. The maximum atomic E-state index is 10.1. The van der Waals surface area contributed by atoms with E-state index in [2.05, 4.69) is 54.1 Å². The molecule has 0 fully saturated rings. The maximum Gasteiger partial charge on any atom is 0.171 e. The van der Waals surface area contributed by atoms with E-state index in [0.717, 1.165) is 30.0 Å². The molecule has 0 aliphatic carbocycles. The standard InChI is InChI=1S/C20H14ClIN6OS/c21-12-1-2-13(15(22)8-12)17-14(9-23)18(30-19(17)20-26-10-27-28-20)11-3-4-24-16(7-11)25-5-6-29/h1-4,7-8,10,29H,5-6H2,(H,24,25)(H,26,27,28). The summed E-state index contributed by atoms with van der Waals surface area (Å²) in [6.07, 6.45) is 3.19. The Morgan fingerprint density at radius 2 is 2.13 bits per heavy atom. The van der Waals surface area contributed by atoms with E-state index in [4.69, 9.17) is 16.7 Å². The van der Waals surface area contributed by atoms with Crippen LogP contribution in [0.25, 0.3) is 32.3 Å². The van der Waals surface area contributed by atoms with E-state index in [0.29, 0.717) is 28.8 Å². The smallest absolute Gasteiger partial charge is 0.171 e. The molecule has 3 N–H and O–H groups in total. The summed E-state index contributed by atoms with van der Waals surface area (Å²) in [7, 11) is 0. The minimum absolute atomic E-state index is 0.00312. The highest BCUT2D eigenvalue weighted by atomic mass is 127. The number of hydrogen-bond donors (Lipinski definition) is 3. The minimum atomic E-state index is 0.00312. The normalized spacial score (nSPS) is 10.7. The molecule has 0 saturated heterocycles. The number of thiophene rings is 1. The number of pyridine rings is 1.